The molecule has 6 nitrogen and oxygen atoms in total. The van der Waals surface area contributed by atoms with Crippen LogP contribution in [0, 0.1) is 0 Å². The van der Waals surface area contributed by atoms with Gasteiger partial charge in [0.15, 0.2) is 0 Å². The van der Waals surface area contributed by atoms with E-state index in [2.05, 4.69) is 17.0 Å². The lowest BCUT2D eigenvalue weighted by atomic mass is 10.0. The zero-order chi connectivity index (χ0) is 19.8. The highest BCUT2D eigenvalue weighted by Crippen LogP contribution is 2.24. The van der Waals surface area contributed by atoms with Gasteiger partial charge in [-0.05, 0) is 35.4 Å². The van der Waals surface area contributed by atoms with Gasteiger partial charge in [-0.3, -0.25) is 0 Å². The number of ether oxygens (including phenoxy) is 4. The van der Waals surface area contributed by atoms with Crippen LogP contribution in [-0.2, 0) is 25.6 Å². The van der Waals surface area contributed by atoms with Crippen LogP contribution in [0.4, 0.5) is 5.69 Å². The number of benzene rings is 2. The molecule has 1 fully saturated rings. The lowest BCUT2D eigenvalue weighted by Crippen LogP contribution is -2.36. The minimum absolute atomic E-state index is 0.325. The van der Waals surface area contributed by atoms with Crippen LogP contribution in [0.5, 0.6) is 5.75 Å². The van der Waals surface area contributed by atoms with Gasteiger partial charge in [-0.1, -0.05) is 24.3 Å². The summed E-state index contributed by atoms with van der Waals surface area (Å²) in [5.74, 6) is 0.311. The van der Waals surface area contributed by atoms with Crippen LogP contribution in [0.3, 0.4) is 0 Å². The summed E-state index contributed by atoms with van der Waals surface area (Å²) in [4.78, 5) is 14.4. The van der Waals surface area contributed by atoms with E-state index in [1.54, 1.807) is 0 Å². The molecule has 0 spiro atoms. The van der Waals surface area contributed by atoms with Crippen molar-refractivity contribution < 1.29 is 23.7 Å². The van der Waals surface area contributed by atoms with Gasteiger partial charge in [-0.15, -0.1) is 0 Å². The van der Waals surface area contributed by atoms with Crippen LogP contribution in [0.1, 0.15) is 11.1 Å². The molecule has 0 unspecified atom stereocenters. The average molecular weight is 383 g/mol. The van der Waals surface area contributed by atoms with Crippen molar-refractivity contribution in [1.82, 2.24) is 0 Å². The summed E-state index contributed by atoms with van der Waals surface area (Å²) in [5.41, 5.74) is 3.11. The molecule has 0 N–H and O–H groups in total. The Hall–Kier alpha value is -2.99. The van der Waals surface area contributed by atoms with Crippen molar-refractivity contribution in [2.75, 3.05) is 45.4 Å². The van der Waals surface area contributed by atoms with E-state index in [-0.39, 0.29) is 0 Å². The van der Waals surface area contributed by atoms with Crippen LogP contribution in [0.15, 0.2) is 54.8 Å². The lowest BCUT2D eigenvalue weighted by Gasteiger charge is -2.28. The number of nitrogens with zero attached hydrogens (tertiary/aromatic N) is 1. The monoisotopic (exact) mass is 383 g/mol. The molecule has 0 radical (unpaired) electrons. The zero-order valence-corrected chi connectivity index (χ0v) is 16.2. The molecule has 0 bridgehead atoms. The highest BCUT2D eigenvalue weighted by Gasteiger charge is 2.17. The summed E-state index contributed by atoms with van der Waals surface area (Å²) in [5, 5.41) is 0. The van der Waals surface area contributed by atoms with Crippen LogP contribution in [0.25, 0.3) is 5.57 Å². The number of morpholine rings is 1. The van der Waals surface area contributed by atoms with Gasteiger partial charge in [-0.25, -0.2) is 4.79 Å². The number of methoxy groups -OCH3 is 2. The van der Waals surface area contributed by atoms with E-state index in [4.69, 9.17) is 18.9 Å². The topological polar surface area (TPSA) is 57.2 Å². The number of carbonyl (C=O) groups excluding carboxylic acids is 1. The Morgan fingerprint density at radius 3 is 2.46 bits per heavy atom. The van der Waals surface area contributed by atoms with Gasteiger partial charge in [0.2, 0.25) is 0 Å². The number of hydrogen-bond acceptors (Lipinski definition) is 6. The molecular weight excluding hydrogens is 358 g/mol. The van der Waals surface area contributed by atoms with Gasteiger partial charge >= 0.3 is 5.97 Å². The van der Waals surface area contributed by atoms with Gasteiger partial charge in [0.25, 0.3) is 0 Å². The molecule has 1 aliphatic rings. The third kappa shape index (κ3) is 4.84. The van der Waals surface area contributed by atoms with Gasteiger partial charge in [-0.2, -0.15) is 0 Å². The number of rotatable bonds is 7. The van der Waals surface area contributed by atoms with E-state index >= 15 is 0 Å². The molecule has 0 amide bonds. The van der Waals surface area contributed by atoms with Gasteiger partial charge in [0.05, 0.1) is 33.7 Å². The molecule has 0 atom stereocenters. The van der Waals surface area contributed by atoms with Crippen molar-refractivity contribution in [3.8, 4) is 5.75 Å². The second kappa shape index (κ2) is 9.80. The van der Waals surface area contributed by atoms with Gasteiger partial charge < -0.3 is 23.8 Å². The van der Waals surface area contributed by atoms with Crippen LogP contribution >= 0.6 is 0 Å². The molecule has 6 heteroatoms. The van der Waals surface area contributed by atoms with Crippen molar-refractivity contribution in [2.45, 2.75) is 6.61 Å². The Balaban J connectivity index is 1.71. The summed E-state index contributed by atoms with van der Waals surface area (Å²) in [6, 6.07) is 15.6. The molecule has 148 valence electrons. The number of hydrogen-bond donors (Lipinski definition) is 0. The summed E-state index contributed by atoms with van der Waals surface area (Å²) in [6.07, 6.45) is 1.39. The molecule has 1 saturated heterocycles. The first-order valence-corrected chi connectivity index (χ1v) is 9.18. The minimum atomic E-state index is -0.454. The van der Waals surface area contributed by atoms with E-state index in [1.807, 2.05) is 36.4 Å². The molecule has 28 heavy (non-hydrogen) atoms. The second-order valence-electron chi connectivity index (χ2n) is 6.30. The van der Waals surface area contributed by atoms with Gasteiger partial charge in [0, 0.05) is 18.8 Å². The maximum absolute atomic E-state index is 12.1. The average Bonchev–Trinajstić information content (AvgIpc) is 2.77. The summed E-state index contributed by atoms with van der Waals surface area (Å²) in [7, 11) is 2.85. The van der Waals surface area contributed by atoms with E-state index in [0.717, 1.165) is 48.9 Å². The molecule has 1 aliphatic heterocycles. The zero-order valence-electron chi connectivity index (χ0n) is 16.2. The molecule has 2 aromatic rings. The van der Waals surface area contributed by atoms with Crippen LogP contribution in [0.2, 0.25) is 0 Å². The van der Waals surface area contributed by atoms with Gasteiger partial charge in [0.1, 0.15) is 17.9 Å². The highest BCUT2D eigenvalue weighted by molar-refractivity contribution is 6.16. The first-order valence-electron chi connectivity index (χ1n) is 9.18. The molecule has 1 heterocycles. The Labute approximate surface area is 165 Å². The van der Waals surface area contributed by atoms with E-state index in [1.165, 1.54) is 20.5 Å². The van der Waals surface area contributed by atoms with E-state index in [9.17, 15) is 4.79 Å². The summed E-state index contributed by atoms with van der Waals surface area (Å²) >= 11 is 0. The minimum Gasteiger partial charge on any atom is -0.503 e. The molecule has 0 aliphatic carbocycles. The fraction of sp³-hybridized carbons (Fsp3) is 0.318. The first-order chi connectivity index (χ1) is 13.7. The number of esters is 1. The quantitative estimate of drug-likeness (QED) is 0.416. The SMILES string of the molecule is COC=C(C(=O)OC)c1ccccc1COc1ccc(N2CCOCC2)cc1. The normalized spacial score (nSPS) is 14.5. The fourth-order valence-electron chi connectivity index (χ4n) is 3.09. The lowest BCUT2D eigenvalue weighted by molar-refractivity contribution is -0.133. The molecular formula is C22H25NO5. The predicted molar refractivity (Wildman–Crippen MR) is 107 cm³/mol. The smallest absolute Gasteiger partial charge is 0.341 e. The van der Waals surface area contributed by atoms with Crippen molar-refractivity contribution in [3.05, 3.63) is 65.9 Å². The highest BCUT2D eigenvalue weighted by atomic mass is 16.5. The molecule has 0 aromatic heterocycles. The largest absolute Gasteiger partial charge is 0.503 e. The standard InChI is InChI=1S/C22H25NO5/c1-25-16-21(22(24)26-2)20-6-4-3-5-17(20)15-28-19-9-7-18(8-10-19)23-11-13-27-14-12-23/h3-10,16H,11-15H2,1-2H3. The third-order valence-electron chi connectivity index (χ3n) is 4.56. The van der Waals surface area contributed by atoms with Crippen LogP contribution < -0.4 is 9.64 Å². The second-order valence-corrected chi connectivity index (χ2v) is 6.30. The summed E-state index contributed by atoms with van der Waals surface area (Å²) in [6.45, 7) is 3.63. The Kier molecular flexibility index (Phi) is 6.92. The van der Waals surface area contributed by atoms with E-state index < -0.39 is 5.97 Å². The predicted octanol–water partition coefficient (Wildman–Crippen LogP) is 3.26. The van der Waals surface area contributed by atoms with Crippen molar-refractivity contribution in [2.24, 2.45) is 0 Å². The Morgan fingerprint density at radius 2 is 1.79 bits per heavy atom. The Morgan fingerprint density at radius 1 is 1.07 bits per heavy atom. The summed E-state index contributed by atoms with van der Waals surface area (Å²) < 4.78 is 21.3. The van der Waals surface area contributed by atoms with Crippen LogP contribution in [-0.4, -0.2) is 46.5 Å². The van der Waals surface area contributed by atoms with Crippen molar-refractivity contribution in [3.63, 3.8) is 0 Å². The Bertz CT molecular complexity index is 810. The third-order valence-corrected chi connectivity index (χ3v) is 4.56. The number of carbonyl (C=O) groups is 1. The molecule has 2 aromatic carbocycles. The maximum atomic E-state index is 12.1. The molecule has 0 saturated carbocycles. The number of anilines is 1. The van der Waals surface area contributed by atoms with Crippen molar-refractivity contribution >= 4 is 17.2 Å². The van der Waals surface area contributed by atoms with Crippen molar-refractivity contribution in [1.29, 1.82) is 0 Å². The maximum Gasteiger partial charge on any atom is 0.341 e. The fourth-order valence-corrected chi connectivity index (χ4v) is 3.09. The first kappa shape index (κ1) is 19.8. The van der Waals surface area contributed by atoms with E-state index in [0.29, 0.717) is 12.2 Å². The molecule has 3 rings (SSSR count).